The molecule has 4 rings (SSSR count). The van der Waals surface area contributed by atoms with E-state index in [0.29, 0.717) is 12.3 Å². The Hall–Kier alpha value is -2.56. The van der Waals surface area contributed by atoms with E-state index >= 15 is 0 Å². The minimum atomic E-state index is 0.172. The average molecular weight is 267 g/mol. The molecule has 0 unspecified atom stereocenters. The summed E-state index contributed by atoms with van der Waals surface area (Å²) in [5, 5.41) is 19.0. The summed E-state index contributed by atoms with van der Waals surface area (Å²) in [4.78, 5) is 1.46. The van der Waals surface area contributed by atoms with E-state index in [2.05, 4.69) is 10.2 Å². The summed E-state index contributed by atoms with van der Waals surface area (Å²) in [6.07, 6.45) is 0.830. The highest BCUT2D eigenvalue weighted by molar-refractivity contribution is 5.75. The first-order chi connectivity index (χ1) is 9.70. The Kier molecular flexibility index (Phi) is 2.24. The van der Waals surface area contributed by atoms with Crippen molar-refractivity contribution in [3.63, 3.8) is 0 Å². The van der Waals surface area contributed by atoms with E-state index in [1.807, 2.05) is 25.1 Å². The molecule has 0 saturated carbocycles. The summed E-state index contributed by atoms with van der Waals surface area (Å²) in [5.74, 6) is 0.974. The molecule has 0 spiro atoms. The molecule has 0 amide bonds. The van der Waals surface area contributed by atoms with Gasteiger partial charge in [-0.05, 0) is 30.7 Å². The van der Waals surface area contributed by atoms with Crippen molar-refractivity contribution >= 4 is 11.0 Å². The van der Waals surface area contributed by atoms with Gasteiger partial charge in [-0.2, -0.15) is 0 Å². The van der Waals surface area contributed by atoms with Crippen molar-refractivity contribution in [2.45, 2.75) is 13.3 Å². The molecule has 1 aliphatic heterocycles. The van der Waals surface area contributed by atoms with Crippen LogP contribution in [0.3, 0.4) is 0 Å². The Morgan fingerprint density at radius 2 is 2.00 bits per heavy atom. The van der Waals surface area contributed by atoms with Crippen molar-refractivity contribution in [1.82, 2.24) is 15.0 Å². The zero-order chi connectivity index (χ0) is 13.7. The molecule has 5 nitrogen and oxygen atoms in total. The Morgan fingerprint density at radius 3 is 2.90 bits per heavy atom. The van der Waals surface area contributed by atoms with Crippen LogP contribution >= 0.6 is 0 Å². The maximum atomic E-state index is 10.2. The zero-order valence-electron chi connectivity index (χ0n) is 11.0. The van der Waals surface area contributed by atoms with Crippen molar-refractivity contribution in [1.29, 1.82) is 0 Å². The van der Waals surface area contributed by atoms with Crippen LogP contribution in [0.25, 0.3) is 16.7 Å². The summed E-state index contributed by atoms with van der Waals surface area (Å²) < 4.78 is 5.53. The van der Waals surface area contributed by atoms with Crippen molar-refractivity contribution in [2.75, 3.05) is 6.61 Å². The molecule has 0 aliphatic carbocycles. The molecule has 5 heteroatoms. The molecule has 2 heterocycles. The van der Waals surface area contributed by atoms with Crippen LogP contribution in [0.1, 0.15) is 11.1 Å². The lowest BCUT2D eigenvalue weighted by Gasteiger charge is -2.05. The molecule has 0 atom stereocenters. The number of aromatic nitrogens is 3. The van der Waals surface area contributed by atoms with E-state index in [-0.39, 0.29) is 5.75 Å². The van der Waals surface area contributed by atoms with Gasteiger partial charge in [0.2, 0.25) is 0 Å². The number of hydrogen-bond donors (Lipinski definition) is 1. The van der Waals surface area contributed by atoms with Gasteiger partial charge >= 0.3 is 0 Å². The molecule has 0 fully saturated rings. The number of nitrogens with zero attached hydrogens (tertiary/aromatic N) is 3. The van der Waals surface area contributed by atoms with Gasteiger partial charge in [0.15, 0.2) is 0 Å². The second-order valence-corrected chi connectivity index (χ2v) is 5.03. The van der Waals surface area contributed by atoms with Crippen LogP contribution in [0.5, 0.6) is 11.5 Å². The Balaban J connectivity index is 1.90. The number of hydrogen-bond acceptors (Lipinski definition) is 4. The lowest BCUT2D eigenvalue weighted by Crippen LogP contribution is -1.99. The summed E-state index contributed by atoms with van der Waals surface area (Å²) in [6.45, 7) is 2.67. The number of aryl methyl sites for hydroxylation is 1. The van der Waals surface area contributed by atoms with E-state index in [1.54, 1.807) is 12.1 Å². The molecule has 0 saturated heterocycles. The number of benzene rings is 2. The normalized spacial score (nSPS) is 13.4. The molecule has 20 heavy (non-hydrogen) atoms. The number of rotatable bonds is 1. The highest BCUT2D eigenvalue weighted by Crippen LogP contribution is 2.33. The fourth-order valence-electron chi connectivity index (χ4n) is 2.49. The van der Waals surface area contributed by atoms with Gasteiger partial charge < -0.3 is 9.84 Å². The third-order valence-electron chi connectivity index (χ3n) is 3.54. The van der Waals surface area contributed by atoms with Gasteiger partial charge in [-0.3, -0.25) is 0 Å². The number of ether oxygens (including phenoxy) is 1. The minimum Gasteiger partial charge on any atom is -0.506 e. The van der Waals surface area contributed by atoms with Gasteiger partial charge in [0.1, 0.15) is 28.2 Å². The van der Waals surface area contributed by atoms with Crippen LogP contribution in [-0.4, -0.2) is 26.7 Å². The van der Waals surface area contributed by atoms with Gasteiger partial charge in [0.25, 0.3) is 0 Å². The average Bonchev–Trinajstić information content (AvgIpc) is 3.02. The zero-order valence-corrected chi connectivity index (χ0v) is 11.0. The Bertz CT molecular complexity index is 823. The van der Waals surface area contributed by atoms with Gasteiger partial charge in [0, 0.05) is 18.1 Å². The lowest BCUT2D eigenvalue weighted by atomic mass is 10.1. The largest absolute Gasteiger partial charge is 0.506 e. The van der Waals surface area contributed by atoms with Crippen LogP contribution in [-0.2, 0) is 6.42 Å². The first kappa shape index (κ1) is 11.3. The van der Waals surface area contributed by atoms with Gasteiger partial charge in [-0.25, -0.2) is 0 Å². The molecule has 100 valence electrons. The van der Waals surface area contributed by atoms with Crippen molar-refractivity contribution in [2.24, 2.45) is 0 Å². The fourth-order valence-corrected chi connectivity index (χ4v) is 2.49. The predicted octanol–water partition coefficient (Wildman–Crippen LogP) is 2.37. The van der Waals surface area contributed by atoms with Gasteiger partial charge in [-0.1, -0.05) is 6.07 Å². The van der Waals surface area contributed by atoms with E-state index in [1.165, 1.54) is 4.80 Å². The highest BCUT2D eigenvalue weighted by atomic mass is 16.5. The first-order valence-electron chi connectivity index (χ1n) is 6.53. The van der Waals surface area contributed by atoms with Crippen LogP contribution in [0, 0.1) is 6.92 Å². The second-order valence-electron chi connectivity index (χ2n) is 5.03. The highest BCUT2D eigenvalue weighted by Gasteiger charge is 2.18. The molecular formula is C15H13N3O2. The fraction of sp³-hybridized carbons (Fsp3) is 0.200. The Morgan fingerprint density at radius 1 is 1.15 bits per heavy atom. The quantitative estimate of drug-likeness (QED) is 0.735. The predicted molar refractivity (Wildman–Crippen MR) is 74.5 cm³/mol. The van der Waals surface area contributed by atoms with Crippen molar-refractivity contribution in [3.8, 4) is 17.2 Å². The van der Waals surface area contributed by atoms with Crippen LogP contribution in [0.15, 0.2) is 30.3 Å². The number of fused-ring (bicyclic) bond motifs is 2. The number of aromatic hydroxyl groups is 1. The van der Waals surface area contributed by atoms with E-state index in [9.17, 15) is 5.11 Å². The maximum Gasteiger partial charge on any atom is 0.143 e. The maximum absolute atomic E-state index is 10.2. The van der Waals surface area contributed by atoms with Gasteiger partial charge in [0.05, 0.1) is 6.61 Å². The molecule has 1 N–H and O–H groups in total. The molecule has 3 aromatic rings. The Labute approximate surface area is 115 Å². The molecule has 2 aromatic carbocycles. The topological polar surface area (TPSA) is 60.2 Å². The standard InChI is InChI=1S/C15H13N3O2/c1-9-2-3-11-12(6-9)17-18(16-11)13-8-15-10(4-5-20-15)7-14(13)19/h2-3,6-8,19H,4-5H2,1H3. The summed E-state index contributed by atoms with van der Waals surface area (Å²) in [6, 6.07) is 9.42. The van der Waals surface area contributed by atoms with Crippen molar-refractivity contribution in [3.05, 3.63) is 41.5 Å². The van der Waals surface area contributed by atoms with Crippen molar-refractivity contribution < 1.29 is 9.84 Å². The number of phenols is 1. The SMILES string of the molecule is Cc1ccc2nn(-c3cc4c(cc3O)CCO4)nc2c1. The van der Waals surface area contributed by atoms with Crippen LogP contribution in [0.2, 0.25) is 0 Å². The molecule has 0 radical (unpaired) electrons. The minimum absolute atomic E-state index is 0.172. The third kappa shape index (κ3) is 1.63. The molecule has 1 aromatic heterocycles. The van der Waals surface area contributed by atoms with Crippen LogP contribution in [0.4, 0.5) is 0 Å². The monoisotopic (exact) mass is 267 g/mol. The van der Waals surface area contributed by atoms with Gasteiger partial charge in [-0.15, -0.1) is 15.0 Å². The molecule has 1 aliphatic rings. The summed E-state index contributed by atoms with van der Waals surface area (Å²) in [7, 11) is 0. The molecule has 0 bridgehead atoms. The third-order valence-corrected chi connectivity index (χ3v) is 3.54. The second kappa shape index (κ2) is 3.96. The summed E-state index contributed by atoms with van der Waals surface area (Å²) in [5.41, 5.74) is 4.31. The van der Waals surface area contributed by atoms with E-state index in [0.717, 1.165) is 34.3 Å². The summed E-state index contributed by atoms with van der Waals surface area (Å²) >= 11 is 0. The molecular weight excluding hydrogens is 254 g/mol. The smallest absolute Gasteiger partial charge is 0.143 e. The van der Waals surface area contributed by atoms with E-state index in [4.69, 9.17) is 4.74 Å². The van der Waals surface area contributed by atoms with E-state index < -0.39 is 0 Å². The number of phenolic OH excluding ortho intramolecular Hbond substituents is 1. The van der Waals surface area contributed by atoms with Crippen LogP contribution < -0.4 is 4.74 Å². The lowest BCUT2D eigenvalue weighted by molar-refractivity contribution is 0.356. The first-order valence-corrected chi connectivity index (χ1v) is 6.53.